The van der Waals surface area contributed by atoms with Crippen LogP contribution in [0.1, 0.15) is 17.0 Å². The minimum atomic E-state index is -0.448. The van der Waals surface area contributed by atoms with Gasteiger partial charge in [0.1, 0.15) is 28.8 Å². The van der Waals surface area contributed by atoms with Gasteiger partial charge in [0.2, 0.25) is 5.89 Å². The SMILES string of the molecule is N#Cc1cc(F)cc(N2CCc3oc(-c4ccc(F)cn4)nc3C2)c1. The van der Waals surface area contributed by atoms with Crippen LogP contribution in [-0.2, 0) is 13.0 Å². The van der Waals surface area contributed by atoms with E-state index in [-0.39, 0.29) is 5.56 Å². The van der Waals surface area contributed by atoms with Gasteiger partial charge in [0.25, 0.3) is 0 Å². The summed E-state index contributed by atoms with van der Waals surface area (Å²) in [5.41, 5.74) is 2.10. The smallest absolute Gasteiger partial charge is 0.245 e. The highest BCUT2D eigenvalue weighted by molar-refractivity contribution is 5.54. The zero-order valence-corrected chi connectivity index (χ0v) is 13.0. The second-order valence-electron chi connectivity index (χ2n) is 5.73. The molecular formula is C18H12F2N4O. The molecule has 4 rings (SSSR count). The van der Waals surface area contributed by atoms with Gasteiger partial charge in [0.15, 0.2) is 0 Å². The van der Waals surface area contributed by atoms with Gasteiger partial charge < -0.3 is 9.32 Å². The summed E-state index contributed by atoms with van der Waals surface area (Å²) < 4.78 is 32.4. The molecule has 0 unspecified atom stereocenters. The summed E-state index contributed by atoms with van der Waals surface area (Å²) in [5.74, 6) is 0.208. The van der Waals surface area contributed by atoms with E-state index in [4.69, 9.17) is 9.68 Å². The Morgan fingerprint density at radius 2 is 2.04 bits per heavy atom. The molecule has 7 heteroatoms. The van der Waals surface area contributed by atoms with E-state index in [0.717, 1.165) is 17.7 Å². The van der Waals surface area contributed by atoms with Crippen LogP contribution in [0.3, 0.4) is 0 Å². The van der Waals surface area contributed by atoms with Gasteiger partial charge in [0.05, 0.1) is 24.4 Å². The van der Waals surface area contributed by atoms with E-state index in [1.165, 1.54) is 24.3 Å². The lowest BCUT2D eigenvalue weighted by molar-refractivity contribution is 0.497. The van der Waals surface area contributed by atoms with Gasteiger partial charge in [-0.1, -0.05) is 0 Å². The van der Waals surface area contributed by atoms with Gasteiger partial charge in [-0.25, -0.2) is 18.7 Å². The Bertz CT molecular complexity index is 976. The second-order valence-corrected chi connectivity index (χ2v) is 5.73. The average Bonchev–Trinajstić information content (AvgIpc) is 3.05. The van der Waals surface area contributed by atoms with E-state index in [1.54, 1.807) is 6.07 Å². The number of hydrogen-bond donors (Lipinski definition) is 0. The molecule has 0 atom stereocenters. The summed E-state index contributed by atoms with van der Waals surface area (Å²) in [6.07, 6.45) is 1.71. The highest BCUT2D eigenvalue weighted by atomic mass is 19.1. The monoisotopic (exact) mass is 338 g/mol. The van der Waals surface area contributed by atoms with Crippen molar-refractivity contribution in [2.75, 3.05) is 11.4 Å². The van der Waals surface area contributed by atoms with Crippen molar-refractivity contribution in [3.8, 4) is 17.7 Å². The Morgan fingerprint density at radius 1 is 1.16 bits per heavy atom. The number of pyridine rings is 1. The van der Waals surface area contributed by atoms with Crippen molar-refractivity contribution in [1.82, 2.24) is 9.97 Å². The number of halogens is 2. The van der Waals surface area contributed by atoms with E-state index in [9.17, 15) is 8.78 Å². The third-order valence-corrected chi connectivity index (χ3v) is 4.05. The zero-order chi connectivity index (χ0) is 17.4. The van der Waals surface area contributed by atoms with E-state index in [1.807, 2.05) is 11.0 Å². The van der Waals surface area contributed by atoms with Crippen molar-refractivity contribution in [3.05, 3.63) is 65.2 Å². The van der Waals surface area contributed by atoms with Crippen molar-refractivity contribution in [2.24, 2.45) is 0 Å². The van der Waals surface area contributed by atoms with Crippen LogP contribution < -0.4 is 4.90 Å². The number of oxazole rings is 1. The molecule has 1 aliphatic rings. The standard InChI is InChI=1S/C18H12F2N4O/c19-12-1-2-15(22-9-12)18-23-16-10-24(4-3-17(16)25-18)14-6-11(8-21)5-13(20)7-14/h1-2,5-7,9H,3-4,10H2. The number of anilines is 1. The van der Waals surface area contributed by atoms with Gasteiger partial charge in [-0.3, -0.25) is 0 Å². The number of aromatic nitrogens is 2. The number of nitriles is 1. The van der Waals surface area contributed by atoms with Crippen LogP contribution in [0.4, 0.5) is 14.5 Å². The van der Waals surface area contributed by atoms with Gasteiger partial charge in [-0.15, -0.1) is 0 Å². The van der Waals surface area contributed by atoms with Gasteiger partial charge >= 0.3 is 0 Å². The van der Waals surface area contributed by atoms with E-state index in [2.05, 4.69) is 9.97 Å². The molecule has 0 N–H and O–H groups in total. The lowest BCUT2D eigenvalue weighted by atomic mass is 10.1. The Hall–Kier alpha value is -3.27. The second kappa shape index (κ2) is 5.98. The Morgan fingerprint density at radius 3 is 2.80 bits per heavy atom. The summed E-state index contributed by atoms with van der Waals surface area (Å²) in [4.78, 5) is 10.4. The van der Waals surface area contributed by atoms with Crippen LogP contribution in [0.5, 0.6) is 0 Å². The first-order valence-electron chi connectivity index (χ1n) is 7.68. The first-order valence-corrected chi connectivity index (χ1v) is 7.68. The minimum absolute atomic E-state index is 0.275. The van der Waals surface area contributed by atoms with Crippen LogP contribution >= 0.6 is 0 Å². The molecule has 5 nitrogen and oxygen atoms in total. The molecule has 0 saturated carbocycles. The molecule has 0 bridgehead atoms. The normalized spacial score (nSPS) is 13.4. The van der Waals surface area contributed by atoms with Crippen molar-refractivity contribution < 1.29 is 13.2 Å². The van der Waals surface area contributed by atoms with Crippen LogP contribution in [-0.4, -0.2) is 16.5 Å². The van der Waals surface area contributed by atoms with Crippen molar-refractivity contribution in [2.45, 2.75) is 13.0 Å². The van der Waals surface area contributed by atoms with Crippen molar-refractivity contribution in [3.63, 3.8) is 0 Å². The molecule has 0 radical (unpaired) electrons. The molecule has 124 valence electrons. The Balaban J connectivity index is 1.63. The highest BCUT2D eigenvalue weighted by Gasteiger charge is 2.24. The summed E-state index contributed by atoms with van der Waals surface area (Å²) in [7, 11) is 0. The molecule has 0 amide bonds. The third kappa shape index (κ3) is 2.94. The topological polar surface area (TPSA) is 66.0 Å². The fraction of sp³-hybridized carbons (Fsp3) is 0.167. The van der Waals surface area contributed by atoms with Crippen molar-refractivity contribution in [1.29, 1.82) is 5.26 Å². The Kier molecular flexibility index (Phi) is 3.65. The molecule has 0 spiro atoms. The lowest BCUT2D eigenvalue weighted by Crippen LogP contribution is -2.30. The summed E-state index contributed by atoms with van der Waals surface area (Å²) >= 11 is 0. The average molecular weight is 338 g/mol. The molecule has 3 heterocycles. The molecule has 25 heavy (non-hydrogen) atoms. The molecule has 0 saturated heterocycles. The Labute approximate surface area is 142 Å². The van der Waals surface area contributed by atoms with Gasteiger partial charge in [-0.05, 0) is 30.3 Å². The fourth-order valence-corrected chi connectivity index (χ4v) is 2.85. The predicted octanol–water partition coefficient (Wildman–Crippen LogP) is 3.45. The molecule has 1 aromatic carbocycles. The number of benzene rings is 1. The molecule has 1 aliphatic heterocycles. The van der Waals surface area contributed by atoms with E-state index >= 15 is 0 Å². The first-order chi connectivity index (χ1) is 12.1. The van der Waals surface area contributed by atoms with Crippen LogP contribution in [0.25, 0.3) is 11.6 Å². The summed E-state index contributed by atoms with van der Waals surface area (Å²) in [6, 6.07) is 9.01. The third-order valence-electron chi connectivity index (χ3n) is 4.05. The largest absolute Gasteiger partial charge is 0.439 e. The predicted molar refractivity (Wildman–Crippen MR) is 85.6 cm³/mol. The van der Waals surface area contributed by atoms with Gasteiger partial charge in [-0.2, -0.15) is 5.26 Å². The van der Waals surface area contributed by atoms with Crippen LogP contribution in [0, 0.1) is 23.0 Å². The molecule has 0 aliphatic carbocycles. The number of fused-ring (bicyclic) bond motifs is 1. The van der Waals surface area contributed by atoms with Crippen molar-refractivity contribution >= 4 is 5.69 Å². The van der Waals surface area contributed by atoms with Crippen LogP contribution in [0.15, 0.2) is 40.9 Å². The highest BCUT2D eigenvalue weighted by Crippen LogP contribution is 2.28. The summed E-state index contributed by atoms with van der Waals surface area (Å²) in [6.45, 7) is 1.06. The fourth-order valence-electron chi connectivity index (χ4n) is 2.85. The zero-order valence-electron chi connectivity index (χ0n) is 13.0. The lowest BCUT2D eigenvalue weighted by Gasteiger charge is -2.27. The molecule has 3 aromatic rings. The number of rotatable bonds is 2. The van der Waals surface area contributed by atoms with Crippen LogP contribution in [0.2, 0.25) is 0 Å². The van der Waals surface area contributed by atoms with E-state index < -0.39 is 11.6 Å². The number of nitrogens with zero attached hydrogens (tertiary/aromatic N) is 4. The maximum absolute atomic E-state index is 13.7. The van der Waals surface area contributed by atoms with Gasteiger partial charge in [0, 0.05) is 18.7 Å². The minimum Gasteiger partial charge on any atom is -0.439 e. The first kappa shape index (κ1) is 15.3. The molecular weight excluding hydrogens is 326 g/mol. The summed E-state index contributed by atoms with van der Waals surface area (Å²) in [5, 5.41) is 9.00. The maximum Gasteiger partial charge on any atom is 0.245 e. The number of hydrogen-bond acceptors (Lipinski definition) is 5. The van der Waals surface area contributed by atoms with E-state index in [0.29, 0.717) is 36.8 Å². The molecule has 0 fully saturated rings. The maximum atomic E-state index is 13.7. The molecule has 2 aromatic heterocycles. The quantitative estimate of drug-likeness (QED) is 0.716.